The highest BCUT2D eigenvalue weighted by molar-refractivity contribution is 5.86. The van der Waals surface area contributed by atoms with Crippen LogP contribution in [0, 0.1) is 11.7 Å². The molecule has 1 amide bonds. The van der Waals surface area contributed by atoms with Crippen LogP contribution in [0.15, 0.2) is 24.3 Å². The van der Waals surface area contributed by atoms with Crippen molar-refractivity contribution in [1.82, 2.24) is 10.2 Å². The highest BCUT2D eigenvalue weighted by Gasteiger charge is 2.42. The van der Waals surface area contributed by atoms with Gasteiger partial charge in [-0.1, -0.05) is 24.6 Å². The summed E-state index contributed by atoms with van der Waals surface area (Å²) in [6.45, 7) is 1.99. The molecule has 0 spiro atoms. The lowest BCUT2D eigenvalue weighted by Crippen LogP contribution is -2.58. The van der Waals surface area contributed by atoms with Gasteiger partial charge in [0.15, 0.2) is 5.60 Å². The van der Waals surface area contributed by atoms with Gasteiger partial charge in [-0.05, 0) is 37.7 Å². The second-order valence-corrected chi connectivity index (χ2v) is 6.88. The molecule has 1 saturated carbocycles. The van der Waals surface area contributed by atoms with Crippen molar-refractivity contribution in [3.8, 4) is 0 Å². The van der Waals surface area contributed by atoms with Gasteiger partial charge in [-0.2, -0.15) is 0 Å². The van der Waals surface area contributed by atoms with E-state index in [9.17, 15) is 14.3 Å². The number of hydrogen-bond donors (Lipinski definition) is 2. The van der Waals surface area contributed by atoms with Crippen molar-refractivity contribution in [2.75, 3.05) is 19.6 Å². The minimum Gasteiger partial charge on any atom is -0.379 e. The molecule has 2 aliphatic rings. The molecule has 1 saturated heterocycles. The predicted molar refractivity (Wildman–Crippen MR) is 86.2 cm³/mol. The van der Waals surface area contributed by atoms with Gasteiger partial charge in [-0.25, -0.2) is 4.39 Å². The minimum atomic E-state index is -1.35. The third kappa shape index (κ3) is 3.72. The minimum absolute atomic E-state index is 0.168. The maximum atomic E-state index is 13.6. The maximum Gasteiger partial charge on any atom is 0.255 e. The molecular formula is C18H25FN2O2. The van der Waals surface area contributed by atoms with Gasteiger partial charge in [0.25, 0.3) is 5.91 Å². The highest BCUT2D eigenvalue weighted by atomic mass is 19.1. The van der Waals surface area contributed by atoms with Crippen molar-refractivity contribution in [3.05, 3.63) is 35.6 Å². The van der Waals surface area contributed by atoms with Crippen LogP contribution in [0.1, 0.15) is 37.7 Å². The summed E-state index contributed by atoms with van der Waals surface area (Å²) in [7, 11) is 0. The Morgan fingerprint density at radius 2 is 2.09 bits per heavy atom. The second kappa shape index (κ2) is 6.97. The summed E-state index contributed by atoms with van der Waals surface area (Å²) >= 11 is 0. The summed E-state index contributed by atoms with van der Waals surface area (Å²) in [6, 6.07) is 6.55. The number of rotatable bonds is 6. The Labute approximate surface area is 136 Å². The van der Waals surface area contributed by atoms with E-state index < -0.39 is 5.60 Å². The van der Waals surface area contributed by atoms with Crippen molar-refractivity contribution >= 4 is 5.91 Å². The molecule has 1 aliphatic carbocycles. The molecule has 1 aliphatic heterocycles. The van der Waals surface area contributed by atoms with Crippen LogP contribution < -0.4 is 5.32 Å². The third-order valence-electron chi connectivity index (χ3n) is 5.10. The Morgan fingerprint density at radius 3 is 2.78 bits per heavy atom. The van der Waals surface area contributed by atoms with Crippen LogP contribution in [0.25, 0.3) is 0 Å². The number of halogens is 1. The van der Waals surface area contributed by atoms with Crippen LogP contribution >= 0.6 is 0 Å². The maximum absolute atomic E-state index is 13.6. The zero-order chi connectivity index (χ0) is 16.3. The summed E-state index contributed by atoms with van der Waals surface area (Å²) < 4.78 is 13.6. The van der Waals surface area contributed by atoms with E-state index in [-0.39, 0.29) is 18.3 Å². The van der Waals surface area contributed by atoms with E-state index in [1.807, 2.05) is 4.90 Å². The quantitative estimate of drug-likeness (QED) is 0.844. The average Bonchev–Trinajstić information content (AvgIpc) is 2.49. The van der Waals surface area contributed by atoms with Gasteiger partial charge in [0.05, 0.1) is 0 Å². The van der Waals surface area contributed by atoms with E-state index in [4.69, 9.17) is 0 Å². The van der Waals surface area contributed by atoms with E-state index in [1.165, 1.54) is 25.3 Å². The van der Waals surface area contributed by atoms with Crippen molar-refractivity contribution in [1.29, 1.82) is 0 Å². The van der Waals surface area contributed by atoms with Crippen LogP contribution in [-0.4, -0.2) is 41.1 Å². The molecule has 0 bridgehead atoms. The lowest BCUT2D eigenvalue weighted by molar-refractivity contribution is -0.157. The van der Waals surface area contributed by atoms with Crippen molar-refractivity contribution in [3.63, 3.8) is 0 Å². The number of carbonyl (C=O) groups excluding carboxylic acids is 1. The van der Waals surface area contributed by atoms with Gasteiger partial charge in [0.2, 0.25) is 0 Å². The first-order valence-electron chi connectivity index (χ1n) is 8.54. The molecule has 5 heteroatoms. The molecule has 0 aromatic heterocycles. The van der Waals surface area contributed by atoms with E-state index >= 15 is 0 Å². The first-order valence-corrected chi connectivity index (χ1v) is 8.54. The summed E-state index contributed by atoms with van der Waals surface area (Å²) in [5.41, 5.74) is -0.807. The van der Waals surface area contributed by atoms with Crippen LogP contribution in [0.2, 0.25) is 0 Å². The monoisotopic (exact) mass is 320 g/mol. The molecule has 1 aromatic rings. The summed E-state index contributed by atoms with van der Waals surface area (Å²) in [6.07, 6.45) is 4.91. The predicted octanol–water partition coefficient (Wildman–Crippen LogP) is 2.07. The molecule has 2 N–H and O–H groups in total. The molecule has 1 heterocycles. The topological polar surface area (TPSA) is 52.6 Å². The molecule has 0 unspecified atom stereocenters. The zero-order valence-corrected chi connectivity index (χ0v) is 13.4. The molecule has 2 fully saturated rings. The molecule has 126 valence electrons. The van der Waals surface area contributed by atoms with E-state index in [2.05, 4.69) is 5.32 Å². The van der Waals surface area contributed by atoms with Gasteiger partial charge >= 0.3 is 0 Å². The smallest absolute Gasteiger partial charge is 0.255 e. The van der Waals surface area contributed by atoms with Crippen molar-refractivity contribution < 1.29 is 14.3 Å². The third-order valence-corrected chi connectivity index (χ3v) is 5.10. The van der Waals surface area contributed by atoms with Gasteiger partial charge in [-0.3, -0.25) is 4.79 Å². The lowest BCUT2D eigenvalue weighted by atomic mass is 9.83. The average molecular weight is 320 g/mol. The second-order valence-electron chi connectivity index (χ2n) is 6.88. The standard InChI is InChI=1S/C18H25FN2O2/c19-16-8-2-1-7-15(16)11-20-13-18(23)9-4-10-21(17(18)22)12-14-5-3-6-14/h1-2,7-8,14,20,23H,3-6,9-13H2/t18-/m1/s1. The van der Waals surface area contributed by atoms with Gasteiger partial charge in [0, 0.05) is 31.7 Å². The summed E-state index contributed by atoms with van der Waals surface area (Å²) in [5.74, 6) is 0.165. The summed E-state index contributed by atoms with van der Waals surface area (Å²) in [5, 5.41) is 13.8. The molecular weight excluding hydrogens is 295 g/mol. The van der Waals surface area contributed by atoms with E-state index in [0.717, 1.165) is 19.5 Å². The molecule has 1 aromatic carbocycles. The van der Waals surface area contributed by atoms with E-state index in [0.29, 0.717) is 24.4 Å². The van der Waals surface area contributed by atoms with Crippen molar-refractivity contribution in [2.24, 2.45) is 5.92 Å². The van der Waals surface area contributed by atoms with Crippen LogP contribution in [0.5, 0.6) is 0 Å². The fourth-order valence-corrected chi connectivity index (χ4v) is 3.44. The molecule has 23 heavy (non-hydrogen) atoms. The normalized spacial score (nSPS) is 25.5. The highest BCUT2D eigenvalue weighted by Crippen LogP contribution is 2.30. The Bertz CT molecular complexity index is 562. The first-order chi connectivity index (χ1) is 11.1. The first kappa shape index (κ1) is 16.4. The Morgan fingerprint density at radius 1 is 1.30 bits per heavy atom. The number of amides is 1. The number of hydrogen-bond acceptors (Lipinski definition) is 3. The number of likely N-dealkylation sites (tertiary alicyclic amines) is 1. The number of piperidine rings is 1. The van der Waals surface area contributed by atoms with Crippen LogP contribution in [0.3, 0.4) is 0 Å². The van der Waals surface area contributed by atoms with Crippen LogP contribution in [-0.2, 0) is 11.3 Å². The molecule has 4 nitrogen and oxygen atoms in total. The summed E-state index contributed by atoms with van der Waals surface area (Å²) in [4.78, 5) is 14.4. The molecule has 0 radical (unpaired) electrons. The Kier molecular flexibility index (Phi) is 4.97. The molecule has 1 atom stereocenters. The van der Waals surface area contributed by atoms with Gasteiger partial charge in [0.1, 0.15) is 5.82 Å². The number of carbonyl (C=O) groups is 1. The number of aliphatic hydroxyl groups is 1. The SMILES string of the molecule is O=C1N(CC2CCC2)CCC[C@@]1(O)CNCc1ccccc1F. The van der Waals surface area contributed by atoms with Crippen molar-refractivity contribution in [2.45, 2.75) is 44.2 Å². The largest absolute Gasteiger partial charge is 0.379 e. The van der Waals surface area contributed by atoms with E-state index in [1.54, 1.807) is 18.2 Å². The molecule has 3 rings (SSSR count). The lowest BCUT2D eigenvalue weighted by Gasteiger charge is -2.41. The fraction of sp³-hybridized carbons (Fsp3) is 0.611. The van der Waals surface area contributed by atoms with Gasteiger partial charge in [-0.15, -0.1) is 0 Å². The number of nitrogens with one attached hydrogen (secondary N) is 1. The Balaban J connectivity index is 1.54. The van der Waals surface area contributed by atoms with Gasteiger partial charge < -0.3 is 15.3 Å². The Hall–Kier alpha value is -1.46. The number of benzene rings is 1. The number of nitrogens with zero attached hydrogens (tertiary/aromatic N) is 1. The fourth-order valence-electron chi connectivity index (χ4n) is 3.44. The zero-order valence-electron chi connectivity index (χ0n) is 13.4. The van der Waals surface area contributed by atoms with Crippen LogP contribution in [0.4, 0.5) is 4.39 Å².